The molecule has 4 heterocycles. The highest BCUT2D eigenvalue weighted by molar-refractivity contribution is 5.91. The molecule has 6 nitrogen and oxygen atoms in total. The second kappa shape index (κ2) is 5.12. The van der Waals surface area contributed by atoms with Crippen LogP contribution in [0.1, 0.15) is 19.3 Å². The molecule has 21 heavy (non-hydrogen) atoms. The quantitative estimate of drug-likeness (QED) is 0.780. The molecule has 106 valence electrons. The first-order valence-corrected chi connectivity index (χ1v) is 7.27. The van der Waals surface area contributed by atoms with E-state index in [9.17, 15) is 0 Å². The lowest BCUT2D eigenvalue weighted by molar-refractivity contribution is 0.573. The average molecular weight is 280 g/mol. The van der Waals surface area contributed by atoms with Gasteiger partial charge in [-0.15, -0.1) is 0 Å². The number of aromatic amines is 1. The largest absolute Gasteiger partial charge is 0.357 e. The fourth-order valence-corrected chi connectivity index (χ4v) is 2.83. The first-order valence-electron chi connectivity index (χ1n) is 7.27. The molecule has 0 radical (unpaired) electrons. The Kier molecular flexibility index (Phi) is 2.99. The van der Waals surface area contributed by atoms with Gasteiger partial charge < -0.3 is 4.90 Å². The number of hydrogen-bond acceptors (Lipinski definition) is 5. The van der Waals surface area contributed by atoms with Gasteiger partial charge in [0.2, 0.25) is 0 Å². The summed E-state index contributed by atoms with van der Waals surface area (Å²) in [5.74, 6) is 0.991. The van der Waals surface area contributed by atoms with E-state index >= 15 is 0 Å². The Morgan fingerprint density at radius 1 is 1.10 bits per heavy atom. The van der Waals surface area contributed by atoms with Crippen LogP contribution in [0.5, 0.6) is 0 Å². The van der Waals surface area contributed by atoms with Crippen molar-refractivity contribution in [2.24, 2.45) is 0 Å². The molecule has 0 amide bonds. The van der Waals surface area contributed by atoms with Crippen molar-refractivity contribution in [2.75, 3.05) is 18.0 Å². The van der Waals surface area contributed by atoms with Gasteiger partial charge in [0.1, 0.15) is 17.8 Å². The number of nitrogens with one attached hydrogen (secondary N) is 1. The number of H-pyrrole nitrogens is 1. The van der Waals surface area contributed by atoms with Crippen molar-refractivity contribution in [1.82, 2.24) is 25.1 Å². The Morgan fingerprint density at radius 3 is 2.90 bits per heavy atom. The van der Waals surface area contributed by atoms with Crippen LogP contribution in [0.25, 0.3) is 22.3 Å². The SMILES string of the molecule is c1cc2c(-c3cc(N4CCCCC4)ncn3)n[nH]c2cn1. The van der Waals surface area contributed by atoms with Gasteiger partial charge in [-0.25, -0.2) is 9.97 Å². The molecule has 3 aromatic rings. The number of aromatic nitrogens is 5. The number of rotatable bonds is 2. The van der Waals surface area contributed by atoms with Crippen LogP contribution < -0.4 is 4.90 Å². The summed E-state index contributed by atoms with van der Waals surface area (Å²) in [5.41, 5.74) is 2.63. The van der Waals surface area contributed by atoms with Gasteiger partial charge in [0.15, 0.2) is 0 Å². The summed E-state index contributed by atoms with van der Waals surface area (Å²) in [6, 6.07) is 3.98. The van der Waals surface area contributed by atoms with Crippen LogP contribution in [0.2, 0.25) is 0 Å². The monoisotopic (exact) mass is 280 g/mol. The second-order valence-electron chi connectivity index (χ2n) is 5.30. The minimum atomic E-state index is 0.850. The smallest absolute Gasteiger partial charge is 0.132 e. The predicted molar refractivity (Wildman–Crippen MR) is 81.0 cm³/mol. The molecule has 1 saturated heterocycles. The number of piperidine rings is 1. The third-order valence-electron chi connectivity index (χ3n) is 3.94. The molecule has 0 aliphatic carbocycles. The van der Waals surface area contributed by atoms with E-state index in [1.165, 1.54) is 19.3 Å². The van der Waals surface area contributed by atoms with E-state index < -0.39 is 0 Å². The van der Waals surface area contributed by atoms with Gasteiger partial charge in [-0.05, 0) is 25.3 Å². The Hall–Kier alpha value is -2.50. The fourth-order valence-electron chi connectivity index (χ4n) is 2.83. The van der Waals surface area contributed by atoms with Gasteiger partial charge in [0, 0.05) is 30.7 Å². The van der Waals surface area contributed by atoms with Crippen molar-refractivity contribution in [3.8, 4) is 11.4 Å². The van der Waals surface area contributed by atoms with E-state index in [4.69, 9.17) is 0 Å². The molecule has 1 aliphatic rings. The summed E-state index contributed by atoms with van der Waals surface area (Å²) in [5, 5.41) is 8.41. The molecular formula is C15H16N6. The highest BCUT2D eigenvalue weighted by Crippen LogP contribution is 2.26. The van der Waals surface area contributed by atoms with Crippen LogP contribution in [0.4, 0.5) is 5.82 Å². The maximum Gasteiger partial charge on any atom is 0.132 e. The van der Waals surface area contributed by atoms with Crippen molar-refractivity contribution in [2.45, 2.75) is 19.3 Å². The van der Waals surface area contributed by atoms with Crippen molar-refractivity contribution in [3.05, 3.63) is 30.9 Å². The molecule has 0 atom stereocenters. The first kappa shape index (κ1) is 12.3. The number of pyridine rings is 1. The Balaban J connectivity index is 1.75. The number of fused-ring (bicyclic) bond motifs is 1. The molecule has 1 aliphatic heterocycles. The van der Waals surface area contributed by atoms with Crippen LogP contribution in [-0.2, 0) is 0 Å². The Bertz CT molecular complexity index is 759. The Morgan fingerprint density at radius 2 is 2.00 bits per heavy atom. The molecule has 1 N–H and O–H groups in total. The van der Waals surface area contributed by atoms with Crippen LogP contribution >= 0.6 is 0 Å². The summed E-state index contributed by atoms with van der Waals surface area (Å²) in [4.78, 5) is 15.2. The van der Waals surface area contributed by atoms with Crippen molar-refractivity contribution < 1.29 is 0 Å². The maximum atomic E-state index is 4.42. The van der Waals surface area contributed by atoms with Crippen molar-refractivity contribution >= 4 is 16.7 Å². The number of nitrogens with zero attached hydrogens (tertiary/aromatic N) is 5. The number of anilines is 1. The molecule has 0 aromatic carbocycles. The zero-order valence-corrected chi connectivity index (χ0v) is 11.7. The molecule has 6 heteroatoms. The highest BCUT2D eigenvalue weighted by atomic mass is 15.2. The minimum absolute atomic E-state index is 0.850. The van der Waals surface area contributed by atoms with E-state index in [1.54, 1.807) is 18.7 Å². The molecule has 0 spiro atoms. The van der Waals surface area contributed by atoms with E-state index in [0.717, 1.165) is 41.2 Å². The van der Waals surface area contributed by atoms with E-state index in [-0.39, 0.29) is 0 Å². The third kappa shape index (κ3) is 2.22. The summed E-state index contributed by atoms with van der Waals surface area (Å²) >= 11 is 0. The molecule has 0 unspecified atom stereocenters. The summed E-state index contributed by atoms with van der Waals surface area (Å²) in [6.45, 7) is 2.14. The normalized spacial score (nSPS) is 15.5. The van der Waals surface area contributed by atoms with Crippen LogP contribution in [0, 0.1) is 0 Å². The molecule has 1 fully saturated rings. The van der Waals surface area contributed by atoms with Gasteiger partial charge in [0.05, 0.1) is 17.4 Å². The molecule has 0 saturated carbocycles. The predicted octanol–water partition coefficient (Wildman–Crippen LogP) is 2.41. The summed E-state index contributed by atoms with van der Waals surface area (Å²) in [6.07, 6.45) is 8.95. The van der Waals surface area contributed by atoms with Gasteiger partial charge in [-0.3, -0.25) is 10.1 Å². The van der Waals surface area contributed by atoms with Crippen molar-refractivity contribution in [1.29, 1.82) is 0 Å². The topological polar surface area (TPSA) is 70.6 Å². The van der Waals surface area contributed by atoms with Crippen LogP contribution in [0.3, 0.4) is 0 Å². The lowest BCUT2D eigenvalue weighted by Gasteiger charge is -2.27. The standard InChI is InChI=1S/C15H16N6/c1-2-6-21(7-3-1)14-8-12(17-10-18-14)15-11-4-5-16-9-13(11)19-20-15/h4-5,8-10H,1-3,6-7H2,(H,19,20). The third-order valence-corrected chi connectivity index (χ3v) is 3.94. The fraction of sp³-hybridized carbons (Fsp3) is 0.333. The van der Waals surface area contributed by atoms with E-state index in [2.05, 4.69) is 30.0 Å². The zero-order chi connectivity index (χ0) is 14.1. The second-order valence-corrected chi connectivity index (χ2v) is 5.30. The van der Waals surface area contributed by atoms with Crippen molar-refractivity contribution in [3.63, 3.8) is 0 Å². The maximum absolute atomic E-state index is 4.42. The molecule has 3 aromatic heterocycles. The lowest BCUT2D eigenvalue weighted by atomic mass is 10.1. The first-order chi connectivity index (χ1) is 10.4. The van der Waals surface area contributed by atoms with Gasteiger partial charge in [0.25, 0.3) is 0 Å². The van der Waals surface area contributed by atoms with E-state index in [0.29, 0.717) is 0 Å². The minimum Gasteiger partial charge on any atom is -0.357 e. The zero-order valence-electron chi connectivity index (χ0n) is 11.7. The molecule has 0 bridgehead atoms. The van der Waals surface area contributed by atoms with E-state index in [1.807, 2.05) is 12.1 Å². The molecule has 4 rings (SSSR count). The van der Waals surface area contributed by atoms with Gasteiger partial charge in [-0.1, -0.05) is 0 Å². The van der Waals surface area contributed by atoms with Crippen LogP contribution in [-0.4, -0.2) is 38.2 Å². The van der Waals surface area contributed by atoms with Gasteiger partial charge in [-0.2, -0.15) is 5.10 Å². The highest BCUT2D eigenvalue weighted by Gasteiger charge is 2.15. The Labute approximate surface area is 122 Å². The average Bonchev–Trinajstić information content (AvgIpc) is 3.00. The lowest BCUT2D eigenvalue weighted by Crippen LogP contribution is -2.30. The number of hydrogen-bond donors (Lipinski definition) is 1. The van der Waals surface area contributed by atoms with Gasteiger partial charge >= 0.3 is 0 Å². The summed E-state index contributed by atoms with van der Waals surface area (Å²) in [7, 11) is 0. The summed E-state index contributed by atoms with van der Waals surface area (Å²) < 4.78 is 0. The van der Waals surface area contributed by atoms with Crippen LogP contribution in [0.15, 0.2) is 30.9 Å². The molecular weight excluding hydrogens is 264 g/mol.